The Labute approximate surface area is 164 Å². The average Bonchev–Trinajstić information content (AvgIpc) is 3.36. The fourth-order valence-corrected chi connectivity index (χ4v) is 5.24. The highest BCUT2D eigenvalue weighted by molar-refractivity contribution is 5.92. The van der Waals surface area contributed by atoms with Crippen LogP contribution in [0.2, 0.25) is 0 Å². The van der Waals surface area contributed by atoms with Crippen LogP contribution >= 0.6 is 0 Å². The normalized spacial score (nSPS) is 24.4. The molecule has 3 aromatic rings. The standard InChI is InChI=1S/C22H27N5O/c1-13-16(8-10-21(28)26-11-15-7-9-19(23)18(15)12-26)14(2)27-22(24-13)17-5-3-4-6-20(17)25-27/h3-6,15,18-19H,7-12,23H2,1-2H3. The highest BCUT2D eigenvalue weighted by Gasteiger charge is 2.42. The van der Waals surface area contributed by atoms with E-state index < -0.39 is 0 Å². The first-order valence-electron chi connectivity index (χ1n) is 10.3. The van der Waals surface area contributed by atoms with Gasteiger partial charge >= 0.3 is 0 Å². The van der Waals surface area contributed by atoms with Crippen LogP contribution in [0.1, 0.15) is 36.2 Å². The van der Waals surface area contributed by atoms with E-state index in [0.717, 1.165) is 53.0 Å². The Kier molecular flexibility index (Phi) is 4.12. The summed E-state index contributed by atoms with van der Waals surface area (Å²) in [6.07, 6.45) is 3.50. The molecule has 5 rings (SSSR count). The third-order valence-electron chi connectivity index (χ3n) is 6.87. The zero-order valence-corrected chi connectivity index (χ0v) is 16.6. The van der Waals surface area contributed by atoms with Crippen LogP contribution in [0.25, 0.3) is 16.6 Å². The molecule has 0 radical (unpaired) electrons. The van der Waals surface area contributed by atoms with Gasteiger partial charge in [0.25, 0.3) is 0 Å². The van der Waals surface area contributed by atoms with Crippen LogP contribution in [0, 0.1) is 25.7 Å². The number of carbonyl (C=O) groups is 1. The van der Waals surface area contributed by atoms with Crippen molar-refractivity contribution < 1.29 is 4.79 Å². The maximum Gasteiger partial charge on any atom is 0.222 e. The highest BCUT2D eigenvalue weighted by Crippen LogP contribution is 2.37. The van der Waals surface area contributed by atoms with Crippen LogP contribution in [0.4, 0.5) is 0 Å². The number of amides is 1. The quantitative estimate of drug-likeness (QED) is 0.761. The molecular weight excluding hydrogens is 350 g/mol. The number of likely N-dealkylation sites (tertiary alicyclic amines) is 1. The van der Waals surface area contributed by atoms with E-state index in [4.69, 9.17) is 15.8 Å². The first kappa shape index (κ1) is 17.6. The van der Waals surface area contributed by atoms with Gasteiger partial charge in [0.1, 0.15) is 0 Å². The van der Waals surface area contributed by atoms with E-state index in [0.29, 0.717) is 24.7 Å². The molecule has 1 aliphatic carbocycles. The van der Waals surface area contributed by atoms with Crippen molar-refractivity contribution >= 4 is 22.5 Å². The molecule has 28 heavy (non-hydrogen) atoms. The van der Waals surface area contributed by atoms with Crippen LogP contribution in [0.15, 0.2) is 24.3 Å². The van der Waals surface area contributed by atoms with Gasteiger partial charge in [0.15, 0.2) is 5.65 Å². The number of rotatable bonds is 3. The van der Waals surface area contributed by atoms with Gasteiger partial charge in [-0.1, -0.05) is 12.1 Å². The van der Waals surface area contributed by atoms with E-state index in [2.05, 4.69) is 13.0 Å². The van der Waals surface area contributed by atoms with Crippen LogP contribution in [-0.4, -0.2) is 44.5 Å². The molecule has 1 amide bonds. The zero-order valence-electron chi connectivity index (χ0n) is 16.6. The molecule has 0 bridgehead atoms. The lowest BCUT2D eigenvalue weighted by molar-refractivity contribution is -0.130. The van der Waals surface area contributed by atoms with Crippen LogP contribution in [0.5, 0.6) is 0 Å². The number of nitrogens with zero attached hydrogens (tertiary/aromatic N) is 4. The summed E-state index contributed by atoms with van der Waals surface area (Å²) in [5.41, 5.74) is 11.3. The fourth-order valence-electron chi connectivity index (χ4n) is 5.24. The first-order chi connectivity index (χ1) is 13.5. The Balaban J connectivity index is 1.37. The average molecular weight is 377 g/mol. The maximum atomic E-state index is 12.8. The fraction of sp³-hybridized carbons (Fsp3) is 0.500. The van der Waals surface area contributed by atoms with Gasteiger partial charge in [-0.2, -0.15) is 5.10 Å². The van der Waals surface area contributed by atoms with Crippen molar-refractivity contribution in [1.29, 1.82) is 0 Å². The van der Waals surface area contributed by atoms with Gasteiger partial charge in [-0.25, -0.2) is 9.50 Å². The summed E-state index contributed by atoms with van der Waals surface area (Å²) in [5.74, 6) is 1.35. The number of benzene rings is 1. The number of hydrogen-bond acceptors (Lipinski definition) is 4. The minimum Gasteiger partial charge on any atom is -0.342 e. The van der Waals surface area contributed by atoms with E-state index >= 15 is 0 Å². The van der Waals surface area contributed by atoms with Crippen LogP contribution in [-0.2, 0) is 11.2 Å². The van der Waals surface area contributed by atoms with Crippen molar-refractivity contribution in [2.45, 2.75) is 45.6 Å². The summed E-state index contributed by atoms with van der Waals surface area (Å²) in [7, 11) is 0. The van der Waals surface area contributed by atoms with Crippen molar-refractivity contribution in [2.24, 2.45) is 17.6 Å². The first-order valence-corrected chi connectivity index (χ1v) is 10.3. The number of hydrogen-bond donors (Lipinski definition) is 1. The highest BCUT2D eigenvalue weighted by atomic mass is 16.2. The molecule has 6 nitrogen and oxygen atoms in total. The van der Waals surface area contributed by atoms with Crippen LogP contribution < -0.4 is 5.73 Å². The lowest BCUT2D eigenvalue weighted by Gasteiger charge is -2.19. The molecule has 3 atom stereocenters. The summed E-state index contributed by atoms with van der Waals surface area (Å²) in [4.78, 5) is 19.7. The largest absolute Gasteiger partial charge is 0.342 e. The van der Waals surface area contributed by atoms with E-state index in [1.807, 2.05) is 34.5 Å². The Morgan fingerprint density at radius 2 is 2.04 bits per heavy atom. The summed E-state index contributed by atoms with van der Waals surface area (Å²) in [5, 5.41) is 5.78. The number of nitrogens with two attached hydrogens (primary N) is 1. The second-order valence-corrected chi connectivity index (χ2v) is 8.48. The van der Waals surface area contributed by atoms with Gasteiger partial charge in [0.05, 0.1) is 5.52 Å². The monoisotopic (exact) mass is 377 g/mol. The smallest absolute Gasteiger partial charge is 0.222 e. The molecular formula is C22H27N5O. The molecule has 146 valence electrons. The van der Waals surface area contributed by atoms with Crippen molar-refractivity contribution in [3.63, 3.8) is 0 Å². The van der Waals surface area contributed by atoms with E-state index in [1.165, 1.54) is 6.42 Å². The SMILES string of the molecule is Cc1nc2c3ccccc3nn2c(C)c1CCC(=O)N1CC2CCC(N)C2C1. The number of fused-ring (bicyclic) bond motifs is 4. The Morgan fingerprint density at radius 3 is 2.86 bits per heavy atom. The third-order valence-corrected chi connectivity index (χ3v) is 6.87. The van der Waals surface area contributed by atoms with Crippen molar-refractivity contribution in [3.05, 3.63) is 41.2 Å². The Morgan fingerprint density at radius 1 is 1.21 bits per heavy atom. The topological polar surface area (TPSA) is 76.5 Å². The molecule has 1 saturated heterocycles. The van der Waals surface area contributed by atoms with Gasteiger partial charge in [-0.15, -0.1) is 0 Å². The second kappa shape index (κ2) is 6.55. The van der Waals surface area contributed by atoms with Crippen LogP contribution in [0.3, 0.4) is 0 Å². The second-order valence-electron chi connectivity index (χ2n) is 8.48. The molecule has 1 aliphatic heterocycles. The third kappa shape index (κ3) is 2.70. The number of carbonyl (C=O) groups excluding carboxylic acids is 1. The lowest BCUT2D eigenvalue weighted by atomic mass is 9.98. The van der Waals surface area contributed by atoms with Gasteiger partial charge in [-0.05, 0) is 62.6 Å². The molecule has 2 aliphatic rings. The minimum atomic E-state index is 0.242. The van der Waals surface area contributed by atoms with E-state index in [-0.39, 0.29) is 11.9 Å². The van der Waals surface area contributed by atoms with Crippen molar-refractivity contribution in [3.8, 4) is 0 Å². The molecule has 1 aromatic carbocycles. The summed E-state index contributed by atoms with van der Waals surface area (Å²) in [6.45, 7) is 5.84. The van der Waals surface area contributed by atoms with Crippen molar-refractivity contribution in [2.75, 3.05) is 13.1 Å². The predicted octanol–water partition coefficient (Wildman–Crippen LogP) is 2.63. The number of aryl methyl sites for hydroxylation is 2. The van der Waals surface area contributed by atoms with Crippen molar-refractivity contribution in [1.82, 2.24) is 19.5 Å². The summed E-state index contributed by atoms with van der Waals surface area (Å²) in [6, 6.07) is 8.35. The van der Waals surface area contributed by atoms with E-state index in [1.54, 1.807) is 0 Å². The zero-order chi connectivity index (χ0) is 19.4. The molecule has 3 unspecified atom stereocenters. The lowest BCUT2D eigenvalue weighted by Crippen LogP contribution is -2.33. The van der Waals surface area contributed by atoms with Gasteiger partial charge in [-0.3, -0.25) is 4.79 Å². The Bertz CT molecular complexity index is 1070. The molecule has 2 N–H and O–H groups in total. The maximum absolute atomic E-state index is 12.8. The van der Waals surface area contributed by atoms with E-state index in [9.17, 15) is 4.79 Å². The summed E-state index contributed by atoms with van der Waals surface area (Å²) < 4.78 is 1.93. The number of aromatic nitrogens is 3. The Hall–Kier alpha value is -2.47. The minimum absolute atomic E-state index is 0.242. The molecule has 1 saturated carbocycles. The predicted molar refractivity (Wildman–Crippen MR) is 109 cm³/mol. The summed E-state index contributed by atoms with van der Waals surface area (Å²) >= 11 is 0. The molecule has 2 fully saturated rings. The molecule has 0 spiro atoms. The van der Waals surface area contributed by atoms with Gasteiger partial charge in [0.2, 0.25) is 5.91 Å². The van der Waals surface area contributed by atoms with Gasteiger partial charge < -0.3 is 10.6 Å². The molecule has 6 heteroatoms. The molecule has 3 heterocycles. The molecule has 2 aromatic heterocycles. The van der Waals surface area contributed by atoms with Gasteiger partial charge in [0, 0.05) is 42.3 Å².